The average Bonchev–Trinajstić information content (AvgIpc) is 2.95. The van der Waals surface area contributed by atoms with Crippen LogP contribution < -0.4 is 4.74 Å². The van der Waals surface area contributed by atoms with Crippen molar-refractivity contribution < 1.29 is 13.2 Å². The Labute approximate surface area is 147 Å². The van der Waals surface area contributed by atoms with E-state index in [1.807, 2.05) is 0 Å². The zero-order valence-electron chi connectivity index (χ0n) is 12.4. The van der Waals surface area contributed by atoms with E-state index >= 15 is 0 Å². The molecule has 0 amide bonds. The minimum absolute atomic E-state index is 0.252. The molecule has 1 aliphatic rings. The Kier molecular flexibility index (Phi) is 4.06. The molecule has 2 atom stereocenters. The molecule has 0 saturated carbocycles. The van der Waals surface area contributed by atoms with Crippen molar-refractivity contribution in [2.24, 2.45) is 0 Å². The molecule has 1 aliphatic carbocycles. The van der Waals surface area contributed by atoms with Crippen molar-refractivity contribution >= 4 is 48.5 Å². The zero-order valence-corrected chi connectivity index (χ0v) is 15.6. The molecule has 3 rings (SSSR count). The number of hydrogen-bond acceptors (Lipinski definition) is 4. The maximum absolute atomic E-state index is 13.3. The largest absolute Gasteiger partial charge is 0.479 e. The van der Waals surface area contributed by atoms with E-state index in [2.05, 4.69) is 20.9 Å². The lowest BCUT2D eigenvalue weighted by Crippen LogP contribution is -2.45. The maximum atomic E-state index is 13.3. The Balaban J connectivity index is 2.24. The van der Waals surface area contributed by atoms with Crippen molar-refractivity contribution in [1.82, 2.24) is 8.96 Å². The Bertz CT molecular complexity index is 935. The lowest BCUT2D eigenvalue weighted by atomic mass is 10.0. The highest BCUT2D eigenvalue weighted by atomic mass is 79.9. The lowest BCUT2D eigenvalue weighted by Gasteiger charge is -2.32. The zero-order chi connectivity index (χ0) is 16.8. The van der Waals surface area contributed by atoms with E-state index in [1.165, 1.54) is 17.3 Å². The topological polar surface area (TPSA) is 61.2 Å². The standard InChI is InChI=1S/C15H14BrClN2O3S/c1-15(6-3-11(16)9-12(15)17)23(20,21)19-8-5-10-4-7-18-14(22-2)13(10)19/h3-9,12H,1-2H3. The summed E-state index contributed by atoms with van der Waals surface area (Å²) in [6.07, 6.45) is 8.03. The number of hydrogen-bond donors (Lipinski definition) is 0. The van der Waals surface area contributed by atoms with Crippen molar-refractivity contribution in [2.75, 3.05) is 7.11 Å². The number of ether oxygens (including phenoxy) is 1. The van der Waals surface area contributed by atoms with E-state index in [4.69, 9.17) is 16.3 Å². The number of methoxy groups -OCH3 is 1. The quantitative estimate of drug-likeness (QED) is 0.718. The summed E-state index contributed by atoms with van der Waals surface area (Å²) in [5, 5.41) is 0.0126. The van der Waals surface area contributed by atoms with Crippen molar-refractivity contribution in [3.63, 3.8) is 0 Å². The van der Waals surface area contributed by atoms with Gasteiger partial charge in [0, 0.05) is 22.3 Å². The first-order valence-electron chi connectivity index (χ1n) is 6.77. The Morgan fingerprint density at radius 2 is 2.17 bits per heavy atom. The van der Waals surface area contributed by atoms with E-state index in [9.17, 15) is 8.42 Å². The fraction of sp³-hybridized carbons (Fsp3) is 0.267. The monoisotopic (exact) mass is 416 g/mol. The molecule has 122 valence electrons. The van der Waals surface area contributed by atoms with Crippen molar-refractivity contribution in [1.29, 1.82) is 0 Å². The predicted molar refractivity (Wildman–Crippen MR) is 94.8 cm³/mol. The highest BCUT2D eigenvalue weighted by Crippen LogP contribution is 2.38. The number of pyridine rings is 1. The van der Waals surface area contributed by atoms with Gasteiger partial charge in [-0.2, -0.15) is 0 Å². The van der Waals surface area contributed by atoms with Crippen LogP contribution in [0.4, 0.5) is 0 Å². The summed E-state index contributed by atoms with van der Waals surface area (Å²) in [5.74, 6) is 0.252. The predicted octanol–water partition coefficient (Wildman–Crippen LogP) is 3.44. The average molecular weight is 418 g/mol. The van der Waals surface area contributed by atoms with Gasteiger partial charge in [-0.3, -0.25) is 0 Å². The SMILES string of the molecule is COc1nccc2ccn(S(=O)(=O)C3(C)C=CC(Br)=CC3Cl)c12. The molecule has 5 nitrogen and oxygen atoms in total. The Morgan fingerprint density at radius 1 is 1.43 bits per heavy atom. The van der Waals surface area contributed by atoms with Crippen LogP contribution in [0.25, 0.3) is 10.9 Å². The van der Waals surface area contributed by atoms with Gasteiger partial charge in [-0.1, -0.05) is 34.2 Å². The molecule has 0 aliphatic heterocycles. The van der Waals surface area contributed by atoms with E-state index in [-0.39, 0.29) is 5.88 Å². The maximum Gasteiger partial charge on any atom is 0.250 e. The minimum atomic E-state index is -3.84. The van der Waals surface area contributed by atoms with Gasteiger partial charge in [0.05, 0.1) is 12.5 Å². The van der Waals surface area contributed by atoms with Crippen molar-refractivity contribution in [2.45, 2.75) is 17.0 Å². The van der Waals surface area contributed by atoms with Gasteiger partial charge in [0.15, 0.2) is 0 Å². The van der Waals surface area contributed by atoms with Gasteiger partial charge in [0.2, 0.25) is 15.9 Å². The smallest absolute Gasteiger partial charge is 0.250 e. The molecule has 2 heterocycles. The molecule has 0 aromatic carbocycles. The number of nitrogens with zero attached hydrogens (tertiary/aromatic N) is 2. The molecule has 2 aromatic heterocycles. The van der Waals surface area contributed by atoms with Crippen molar-refractivity contribution in [3.05, 3.63) is 47.2 Å². The van der Waals surface area contributed by atoms with Gasteiger partial charge < -0.3 is 4.74 Å². The number of fused-ring (bicyclic) bond motifs is 1. The number of allylic oxidation sites excluding steroid dienone is 3. The fourth-order valence-corrected chi connectivity index (χ4v) is 5.27. The van der Waals surface area contributed by atoms with Gasteiger partial charge in [-0.15, -0.1) is 11.6 Å². The van der Waals surface area contributed by atoms with Crippen molar-refractivity contribution in [3.8, 4) is 5.88 Å². The lowest BCUT2D eigenvalue weighted by molar-refractivity contribution is 0.402. The second-order valence-corrected chi connectivity index (χ2v) is 8.95. The van der Waals surface area contributed by atoms with Gasteiger partial charge in [0.1, 0.15) is 10.3 Å². The molecular formula is C15H14BrClN2O3S. The normalized spacial score (nSPS) is 24.7. The van der Waals surface area contributed by atoms with Gasteiger partial charge in [-0.25, -0.2) is 17.4 Å². The van der Waals surface area contributed by atoms with Gasteiger partial charge >= 0.3 is 0 Å². The molecule has 0 saturated heterocycles. The molecule has 0 N–H and O–H groups in total. The molecule has 2 aromatic rings. The van der Waals surface area contributed by atoms with Crippen LogP contribution in [0.3, 0.4) is 0 Å². The van der Waals surface area contributed by atoms with Crippen LogP contribution in [-0.2, 0) is 10.0 Å². The first-order valence-corrected chi connectivity index (χ1v) is 9.44. The highest BCUT2D eigenvalue weighted by Gasteiger charge is 2.45. The third kappa shape index (κ3) is 2.42. The second-order valence-electron chi connectivity index (χ2n) is 5.35. The van der Waals surface area contributed by atoms with Crippen LogP contribution in [0, 0.1) is 0 Å². The molecule has 2 unspecified atom stereocenters. The van der Waals surface area contributed by atoms with E-state index in [1.54, 1.807) is 43.5 Å². The summed E-state index contributed by atoms with van der Waals surface area (Å²) in [5.41, 5.74) is 0.405. The van der Waals surface area contributed by atoms with Gasteiger partial charge in [0.25, 0.3) is 0 Å². The van der Waals surface area contributed by atoms with Crippen LogP contribution in [0.5, 0.6) is 5.88 Å². The van der Waals surface area contributed by atoms with Crippen LogP contribution in [0.2, 0.25) is 0 Å². The summed E-state index contributed by atoms with van der Waals surface area (Å²) in [6, 6.07) is 3.44. The Hall–Kier alpha value is -1.31. The molecule has 0 radical (unpaired) electrons. The summed E-state index contributed by atoms with van der Waals surface area (Å²) < 4.78 is 32.4. The minimum Gasteiger partial charge on any atom is -0.479 e. The molecule has 0 bridgehead atoms. The van der Waals surface area contributed by atoms with Crippen LogP contribution in [0.15, 0.2) is 47.2 Å². The van der Waals surface area contributed by atoms with Gasteiger partial charge in [-0.05, 0) is 19.1 Å². The molecule has 23 heavy (non-hydrogen) atoms. The number of rotatable bonds is 3. The van der Waals surface area contributed by atoms with E-state index in [0.717, 1.165) is 9.87 Å². The summed E-state index contributed by atoms with van der Waals surface area (Å²) in [4.78, 5) is 4.09. The second kappa shape index (κ2) is 5.65. The van der Waals surface area contributed by atoms with Crippen LogP contribution in [0.1, 0.15) is 6.92 Å². The summed E-state index contributed by atoms with van der Waals surface area (Å²) in [6.45, 7) is 1.60. The van der Waals surface area contributed by atoms with E-state index < -0.39 is 20.1 Å². The highest BCUT2D eigenvalue weighted by molar-refractivity contribution is 9.11. The Morgan fingerprint density at radius 3 is 2.83 bits per heavy atom. The fourth-order valence-electron chi connectivity index (χ4n) is 2.52. The first kappa shape index (κ1) is 16.5. The number of alkyl halides is 1. The molecule has 0 fully saturated rings. The molecular weight excluding hydrogens is 404 g/mol. The third-order valence-electron chi connectivity index (χ3n) is 3.97. The first-order chi connectivity index (χ1) is 10.8. The molecule has 8 heteroatoms. The van der Waals surface area contributed by atoms with Crippen LogP contribution >= 0.6 is 27.5 Å². The van der Waals surface area contributed by atoms with E-state index in [0.29, 0.717) is 5.52 Å². The summed E-state index contributed by atoms with van der Waals surface area (Å²) >= 11 is 9.66. The number of halogens is 2. The number of aromatic nitrogens is 2. The summed E-state index contributed by atoms with van der Waals surface area (Å²) in [7, 11) is -2.38. The third-order valence-corrected chi connectivity index (χ3v) is 7.53. The van der Waals surface area contributed by atoms with Crippen LogP contribution in [-0.4, -0.2) is 34.6 Å². The molecule has 0 spiro atoms.